The Bertz CT molecular complexity index is 139. The summed E-state index contributed by atoms with van der Waals surface area (Å²) < 4.78 is 0. The molecule has 0 nitrogen and oxygen atoms in total. The molecule has 0 aliphatic carbocycles. The van der Waals surface area contributed by atoms with E-state index in [1.165, 1.54) is 12.3 Å². The fourth-order valence-corrected chi connectivity index (χ4v) is 4.14. The zero-order chi connectivity index (χ0) is 10.7. The van der Waals surface area contributed by atoms with Gasteiger partial charge in [0.05, 0.1) is 0 Å². The molecule has 80 valence electrons. The highest BCUT2D eigenvalue weighted by Crippen LogP contribution is 2.47. The van der Waals surface area contributed by atoms with Gasteiger partial charge in [0.1, 0.15) is 0 Å². The van der Waals surface area contributed by atoms with Crippen molar-refractivity contribution in [1.29, 1.82) is 0 Å². The molecule has 2 heteroatoms. The van der Waals surface area contributed by atoms with E-state index in [0.29, 0.717) is 10.3 Å². The molecule has 2 unspecified atom stereocenters. The first-order chi connectivity index (χ1) is 5.63. The van der Waals surface area contributed by atoms with Crippen molar-refractivity contribution in [3.05, 3.63) is 0 Å². The lowest BCUT2D eigenvalue weighted by atomic mass is 10.3. The molecule has 0 aromatic carbocycles. The average molecular weight is 220 g/mol. The second-order valence-corrected chi connectivity index (χ2v) is 11.3. The highest BCUT2D eigenvalue weighted by molar-refractivity contribution is 7.59. The Balaban J connectivity index is 3.67. The summed E-state index contributed by atoms with van der Waals surface area (Å²) >= 11 is 0. The first-order valence-corrected chi connectivity index (χ1v) is 8.27. The van der Waals surface area contributed by atoms with Crippen molar-refractivity contribution in [3.8, 4) is 0 Å². The fraction of sp³-hybridized carbons (Fsp3) is 1.00. The van der Waals surface area contributed by atoms with Gasteiger partial charge in [-0.1, -0.05) is 41.5 Å². The largest absolute Gasteiger partial charge is 0.116 e. The lowest BCUT2D eigenvalue weighted by Gasteiger charge is -2.29. The summed E-state index contributed by atoms with van der Waals surface area (Å²) in [6.45, 7) is 16.6. The van der Waals surface area contributed by atoms with Gasteiger partial charge in [0.15, 0.2) is 0 Å². The van der Waals surface area contributed by atoms with Crippen LogP contribution in [0.1, 0.15) is 41.5 Å². The number of hydrogen-bond acceptors (Lipinski definition) is 0. The number of rotatable bonds is 3. The second kappa shape index (κ2) is 5.09. The molecule has 0 spiro atoms. The fourth-order valence-electron chi connectivity index (χ4n) is 0.934. The Kier molecular flexibility index (Phi) is 5.42. The Morgan fingerprint density at radius 1 is 1.00 bits per heavy atom. The molecule has 0 rings (SSSR count). The highest BCUT2D eigenvalue weighted by Gasteiger charge is 2.19. The van der Waals surface area contributed by atoms with Crippen LogP contribution in [0.2, 0.25) is 0 Å². The second-order valence-electron chi connectivity index (χ2n) is 5.77. The normalized spacial score (nSPS) is 16.8. The average Bonchev–Trinajstić information content (AvgIpc) is 1.82. The van der Waals surface area contributed by atoms with E-state index in [-0.39, 0.29) is 7.92 Å². The van der Waals surface area contributed by atoms with E-state index >= 15 is 0 Å². The standard InChI is InChI=1S/C11H26P2/c1-10(2,3)12-8-9-13(7)11(4,5)6/h12H,8-9H2,1-7H3. The monoisotopic (exact) mass is 220 g/mol. The van der Waals surface area contributed by atoms with Crippen LogP contribution in [0.25, 0.3) is 0 Å². The van der Waals surface area contributed by atoms with E-state index in [2.05, 4.69) is 48.2 Å². The lowest BCUT2D eigenvalue weighted by molar-refractivity contribution is 0.781. The van der Waals surface area contributed by atoms with Gasteiger partial charge in [0.25, 0.3) is 0 Å². The van der Waals surface area contributed by atoms with Gasteiger partial charge in [-0.25, -0.2) is 0 Å². The van der Waals surface area contributed by atoms with Gasteiger partial charge in [-0.2, -0.15) is 0 Å². The van der Waals surface area contributed by atoms with Crippen LogP contribution in [0, 0.1) is 0 Å². The predicted molar refractivity (Wildman–Crippen MR) is 70.4 cm³/mol. The van der Waals surface area contributed by atoms with Crippen LogP contribution in [0.3, 0.4) is 0 Å². The first-order valence-electron chi connectivity index (χ1n) is 5.09. The van der Waals surface area contributed by atoms with Gasteiger partial charge in [-0.05, 0) is 29.3 Å². The van der Waals surface area contributed by atoms with Crippen LogP contribution < -0.4 is 0 Å². The highest BCUT2D eigenvalue weighted by atomic mass is 31.1. The minimum absolute atomic E-state index is 0.232. The van der Waals surface area contributed by atoms with Crippen molar-refractivity contribution >= 4 is 16.5 Å². The smallest absolute Gasteiger partial charge is 0.0182 e. The maximum absolute atomic E-state index is 2.45. The molecule has 0 amide bonds. The van der Waals surface area contributed by atoms with Gasteiger partial charge < -0.3 is 0 Å². The molecule has 0 aliphatic heterocycles. The van der Waals surface area contributed by atoms with Crippen molar-refractivity contribution < 1.29 is 0 Å². The van der Waals surface area contributed by atoms with E-state index in [1.54, 1.807) is 0 Å². The third-order valence-electron chi connectivity index (χ3n) is 2.25. The molecule has 0 aromatic rings. The summed E-state index contributed by atoms with van der Waals surface area (Å²) in [4.78, 5) is 0. The van der Waals surface area contributed by atoms with Crippen molar-refractivity contribution in [2.75, 3.05) is 19.0 Å². The van der Waals surface area contributed by atoms with Crippen molar-refractivity contribution in [1.82, 2.24) is 0 Å². The van der Waals surface area contributed by atoms with Gasteiger partial charge >= 0.3 is 0 Å². The van der Waals surface area contributed by atoms with Crippen molar-refractivity contribution in [2.24, 2.45) is 0 Å². The SMILES string of the molecule is CP(CCPC(C)(C)C)C(C)(C)C. The molecule has 0 fully saturated rings. The summed E-state index contributed by atoms with van der Waals surface area (Å²) in [5.74, 6) is 0. The molecule has 0 N–H and O–H groups in total. The molecule has 2 atom stereocenters. The van der Waals surface area contributed by atoms with Crippen molar-refractivity contribution in [3.63, 3.8) is 0 Å². The molecule has 0 radical (unpaired) electrons. The van der Waals surface area contributed by atoms with Crippen LogP contribution in [0.5, 0.6) is 0 Å². The molecule has 0 aromatic heterocycles. The Hall–Kier alpha value is 0.860. The summed E-state index contributed by atoms with van der Waals surface area (Å²) in [6, 6.07) is 0. The summed E-state index contributed by atoms with van der Waals surface area (Å²) in [6.07, 6.45) is 2.89. The minimum Gasteiger partial charge on any atom is -0.116 e. The molecular weight excluding hydrogens is 194 g/mol. The van der Waals surface area contributed by atoms with E-state index in [1.807, 2.05) is 0 Å². The molecule has 0 aliphatic rings. The van der Waals surface area contributed by atoms with E-state index < -0.39 is 0 Å². The predicted octanol–water partition coefficient (Wildman–Crippen LogP) is 4.37. The molecule has 0 saturated carbocycles. The zero-order valence-corrected chi connectivity index (χ0v) is 12.3. The van der Waals surface area contributed by atoms with Crippen LogP contribution in [-0.4, -0.2) is 29.3 Å². The molecule has 0 saturated heterocycles. The first kappa shape index (κ1) is 13.9. The Labute approximate surface area is 87.8 Å². The number of hydrogen-bond donors (Lipinski definition) is 0. The van der Waals surface area contributed by atoms with Crippen LogP contribution in [-0.2, 0) is 0 Å². The van der Waals surface area contributed by atoms with Crippen LogP contribution in [0.4, 0.5) is 0 Å². The van der Waals surface area contributed by atoms with Gasteiger partial charge in [0.2, 0.25) is 0 Å². The Morgan fingerprint density at radius 3 is 1.77 bits per heavy atom. The summed E-state index contributed by atoms with van der Waals surface area (Å²) in [7, 11) is 1.36. The maximum Gasteiger partial charge on any atom is -0.0182 e. The van der Waals surface area contributed by atoms with Gasteiger partial charge in [-0.3, -0.25) is 0 Å². The van der Waals surface area contributed by atoms with E-state index in [9.17, 15) is 0 Å². The van der Waals surface area contributed by atoms with Crippen molar-refractivity contribution in [2.45, 2.75) is 51.9 Å². The minimum atomic E-state index is 0.232. The van der Waals surface area contributed by atoms with Gasteiger partial charge in [-0.15, -0.1) is 16.5 Å². The van der Waals surface area contributed by atoms with E-state index in [0.717, 1.165) is 8.58 Å². The molecule has 0 bridgehead atoms. The lowest BCUT2D eigenvalue weighted by Crippen LogP contribution is -2.14. The molecule has 13 heavy (non-hydrogen) atoms. The maximum atomic E-state index is 2.45. The van der Waals surface area contributed by atoms with Crippen LogP contribution in [0.15, 0.2) is 0 Å². The molecular formula is C11H26P2. The quantitative estimate of drug-likeness (QED) is 0.619. The topological polar surface area (TPSA) is 0 Å². The third-order valence-corrected chi connectivity index (χ3v) is 7.41. The van der Waals surface area contributed by atoms with Gasteiger partial charge in [0, 0.05) is 0 Å². The Morgan fingerprint density at radius 2 is 1.46 bits per heavy atom. The summed E-state index contributed by atoms with van der Waals surface area (Å²) in [5, 5.41) is 1.10. The van der Waals surface area contributed by atoms with E-state index in [4.69, 9.17) is 0 Å². The zero-order valence-electron chi connectivity index (χ0n) is 10.4. The van der Waals surface area contributed by atoms with Crippen LogP contribution >= 0.6 is 16.5 Å². The summed E-state index contributed by atoms with van der Waals surface area (Å²) in [5.41, 5.74) is 0. The third kappa shape index (κ3) is 7.90. The molecule has 0 heterocycles.